The van der Waals surface area contributed by atoms with Crippen molar-refractivity contribution in [2.75, 3.05) is 0 Å². The Morgan fingerprint density at radius 3 is 2.56 bits per heavy atom. The van der Waals surface area contributed by atoms with Gasteiger partial charge in [-0.25, -0.2) is 0 Å². The summed E-state index contributed by atoms with van der Waals surface area (Å²) in [5.41, 5.74) is 5.02. The molecule has 0 unspecified atom stereocenters. The Balaban J connectivity index is 1.41. The van der Waals surface area contributed by atoms with Gasteiger partial charge in [0.2, 0.25) is 5.91 Å². The highest BCUT2D eigenvalue weighted by Gasteiger charge is 2.30. The lowest BCUT2D eigenvalue weighted by Gasteiger charge is -2.09. The first-order chi connectivity index (χ1) is 16.3. The van der Waals surface area contributed by atoms with Gasteiger partial charge in [0.15, 0.2) is 5.17 Å². The van der Waals surface area contributed by atoms with Crippen LogP contribution < -0.4 is 5.32 Å². The molecule has 34 heavy (non-hydrogen) atoms. The molecule has 0 aliphatic carbocycles. The second-order valence-corrected chi connectivity index (χ2v) is 10.8. The number of halogens is 3. The highest BCUT2D eigenvalue weighted by molar-refractivity contribution is 9.10. The van der Waals surface area contributed by atoms with Crippen molar-refractivity contribution in [3.63, 3.8) is 0 Å². The molecule has 1 aliphatic rings. The Hall–Kier alpha value is -2.43. The van der Waals surface area contributed by atoms with Crippen molar-refractivity contribution in [1.29, 1.82) is 0 Å². The lowest BCUT2D eigenvalue weighted by molar-refractivity contribution is -0.118. The van der Waals surface area contributed by atoms with Crippen LogP contribution in [0.4, 0.5) is 8.78 Å². The number of aryl methyl sites for hydroxylation is 1. The second-order valence-electron chi connectivity index (χ2n) is 7.61. The molecular weight excluding hydrogens is 542 g/mol. The average Bonchev–Trinajstić information content (AvgIpc) is 3.28. The van der Waals surface area contributed by atoms with Crippen molar-refractivity contribution in [2.45, 2.75) is 36.2 Å². The predicted octanol–water partition coefficient (Wildman–Crippen LogP) is 6.34. The number of rotatable bonds is 7. The number of carbonyl (C=O) groups excluding carboxylic acids is 1. The highest BCUT2D eigenvalue weighted by atomic mass is 79.9. The Bertz CT molecular complexity index is 1240. The summed E-state index contributed by atoms with van der Waals surface area (Å²) in [4.78, 5) is 12.8. The number of alkyl halides is 2. The van der Waals surface area contributed by atoms with Crippen LogP contribution in [0.3, 0.4) is 0 Å². The standard InChI is InChI=1S/C24H21BrF2N4OS2/c1-14-11-17(15(2)31(14)19-7-5-18(25)6-8-19)13-28-30-24-29-22(32)21(34-24)12-16-3-9-20(10-4-16)33-23(26)27/h3-11,13,21,23H,12H2,1-2H3,(H,29,30,32)/b28-13-/t21-/m1/s1. The first kappa shape index (κ1) is 24.7. The number of aromatic nitrogens is 1. The second kappa shape index (κ2) is 10.9. The van der Waals surface area contributed by atoms with E-state index < -0.39 is 5.76 Å². The van der Waals surface area contributed by atoms with E-state index in [1.807, 2.05) is 44.2 Å². The minimum atomic E-state index is -2.45. The molecule has 0 radical (unpaired) electrons. The SMILES string of the molecule is Cc1cc(/C=N\N=C2\NC(=O)[C@@H](Cc3ccc(SC(F)F)cc3)S2)c(C)n1-c1ccc(Br)cc1. The van der Waals surface area contributed by atoms with E-state index in [1.54, 1.807) is 30.5 Å². The maximum atomic E-state index is 12.5. The molecule has 0 bridgehead atoms. The van der Waals surface area contributed by atoms with E-state index in [0.717, 1.165) is 32.7 Å². The molecule has 1 aliphatic heterocycles. The fourth-order valence-corrected chi connectivity index (χ4v) is 5.39. The molecule has 5 nitrogen and oxygen atoms in total. The number of thioether (sulfide) groups is 2. The van der Waals surface area contributed by atoms with E-state index in [-0.39, 0.29) is 11.2 Å². The quantitative estimate of drug-likeness (QED) is 0.208. The monoisotopic (exact) mass is 562 g/mol. The van der Waals surface area contributed by atoms with Crippen molar-refractivity contribution >= 4 is 56.7 Å². The lowest BCUT2D eigenvalue weighted by Crippen LogP contribution is -2.25. The van der Waals surface area contributed by atoms with Gasteiger partial charge in [-0.15, -0.1) is 5.10 Å². The molecule has 3 aromatic rings. The third-order valence-electron chi connectivity index (χ3n) is 5.25. The number of amides is 1. The molecule has 176 valence electrons. The summed E-state index contributed by atoms with van der Waals surface area (Å²) < 4.78 is 28.1. The normalized spacial score (nSPS) is 17.3. The van der Waals surface area contributed by atoms with Gasteiger partial charge in [-0.05, 0) is 68.3 Å². The maximum Gasteiger partial charge on any atom is 0.288 e. The molecule has 1 atom stereocenters. The van der Waals surface area contributed by atoms with Gasteiger partial charge in [0.1, 0.15) is 0 Å². The van der Waals surface area contributed by atoms with Gasteiger partial charge in [-0.1, -0.05) is 51.6 Å². The summed E-state index contributed by atoms with van der Waals surface area (Å²) in [5.74, 6) is -2.59. The summed E-state index contributed by atoms with van der Waals surface area (Å²) in [6.45, 7) is 4.06. The Labute approximate surface area is 213 Å². The van der Waals surface area contributed by atoms with Gasteiger partial charge in [0.05, 0.1) is 11.5 Å². The van der Waals surface area contributed by atoms with E-state index in [2.05, 4.69) is 36.0 Å². The van der Waals surface area contributed by atoms with E-state index >= 15 is 0 Å². The summed E-state index contributed by atoms with van der Waals surface area (Å²) in [6, 6.07) is 17.0. The van der Waals surface area contributed by atoms with Crippen LogP contribution in [-0.2, 0) is 11.2 Å². The molecule has 1 saturated heterocycles. The number of hydrogen-bond acceptors (Lipinski definition) is 5. The molecule has 1 amide bonds. The van der Waals surface area contributed by atoms with Crippen LogP contribution >= 0.6 is 39.5 Å². The summed E-state index contributed by atoms with van der Waals surface area (Å²) in [7, 11) is 0. The van der Waals surface area contributed by atoms with Crippen LogP contribution in [0.5, 0.6) is 0 Å². The highest BCUT2D eigenvalue weighted by Crippen LogP contribution is 2.28. The fourth-order valence-electron chi connectivity index (χ4n) is 3.66. The summed E-state index contributed by atoms with van der Waals surface area (Å²) in [5, 5.41) is 11.2. The van der Waals surface area contributed by atoms with E-state index in [9.17, 15) is 13.6 Å². The van der Waals surface area contributed by atoms with Crippen molar-refractivity contribution in [1.82, 2.24) is 9.88 Å². The number of amidine groups is 1. The van der Waals surface area contributed by atoms with Crippen LogP contribution in [0, 0.1) is 13.8 Å². The Morgan fingerprint density at radius 2 is 1.88 bits per heavy atom. The number of nitrogens with one attached hydrogen (secondary N) is 1. The first-order valence-corrected chi connectivity index (χ1v) is 12.9. The molecule has 1 aromatic heterocycles. The summed E-state index contributed by atoms with van der Waals surface area (Å²) >= 11 is 5.28. The first-order valence-electron chi connectivity index (χ1n) is 10.4. The van der Waals surface area contributed by atoms with Crippen molar-refractivity contribution < 1.29 is 13.6 Å². The minimum Gasteiger partial charge on any atom is -0.318 e. The van der Waals surface area contributed by atoms with Crippen LogP contribution in [0.15, 0.2) is 74.2 Å². The molecule has 2 aromatic carbocycles. The van der Waals surface area contributed by atoms with Crippen LogP contribution in [0.25, 0.3) is 5.69 Å². The minimum absolute atomic E-state index is 0.140. The number of benzene rings is 2. The van der Waals surface area contributed by atoms with Crippen LogP contribution in [-0.4, -0.2) is 32.9 Å². The molecule has 0 saturated carbocycles. The number of nitrogens with zero attached hydrogens (tertiary/aromatic N) is 3. The van der Waals surface area contributed by atoms with Gasteiger partial charge in [-0.3, -0.25) is 4.79 Å². The Morgan fingerprint density at radius 1 is 1.18 bits per heavy atom. The van der Waals surface area contributed by atoms with Crippen LogP contribution in [0.1, 0.15) is 22.5 Å². The van der Waals surface area contributed by atoms with Crippen LogP contribution in [0.2, 0.25) is 0 Å². The lowest BCUT2D eigenvalue weighted by atomic mass is 10.1. The summed E-state index contributed by atoms with van der Waals surface area (Å²) in [6.07, 6.45) is 2.16. The van der Waals surface area contributed by atoms with E-state index in [0.29, 0.717) is 28.2 Å². The maximum absolute atomic E-state index is 12.5. The molecule has 0 spiro atoms. The third kappa shape index (κ3) is 5.97. The van der Waals surface area contributed by atoms with Crippen molar-refractivity contribution in [3.05, 3.63) is 81.6 Å². The van der Waals surface area contributed by atoms with Gasteiger partial charge in [0.25, 0.3) is 5.76 Å². The zero-order valence-corrected chi connectivity index (χ0v) is 21.6. The molecule has 4 rings (SSSR count). The van der Waals surface area contributed by atoms with Gasteiger partial charge in [0, 0.05) is 32.0 Å². The van der Waals surface area contributed by atoms with E-state index in [4.69, 9.17) is 0 Å². The predicted molar refractivity (Wildman–Crippen MR) is 140 cm³/mol. The fraction of sp³-hybridized carbons (Fsp3) is 0.208. The largest absolute Gasteiger partial charge is 0.318 e. The van der Waals surface area contributed by atoms with Crippen molar-refractivity contribution in [3.8, 4) is 5.69 Å². The zero-order chi connectivity index (χ0) is 24.2. The molecule has 1 N–H and O–H groups in total. The topological polar surface area (TPSA) is 58.8 Å². The molecule has 10 heteroatoms. The van der Waals surface area contributed by atoms with E-state index in [1.165, 1.54) is 11.8 Å². The number of carbonyl (C=O) groups is 1. The van der Waals surface area contributed by atoms with Gasteiger partial charge >= 0.3 is 0 Å². The molecular formula is C24H21BrF2N4OS2. The molecule has 2 heterocycles. The smallest absolute Gasteiger partial charge is 0.288 e. The average molecular weight is 563 g/mol. The number of hydrogen-bond donors (Lipinski definition) is 1. The van der Waals surface area contributed by atoms with Gasteiger partial charge < -0.3 is 9.88 Å². The van der Waals surface area contributed by atoms with Crippen molar-refractivity contribution in [2.24, 2.45) is 10.2 Å². The molecule has 1 fully saturated rings. The third-order valence-corrected chi connectivity index (χ3v) is 7.57. The van der Waals surface area contributed by atoms with Gasteiger partial charge in [-0.2, -0.15) is 13.9 Å². The Kier molecular flexibility index (Phi) is 7.90. The zero-order valence-electron chi connectivity index (χ0n) is 18.3.